The van der Waals surface area contributed by atoms with Crippen LogP contribution in [0.3, 0.4) is 0 Å². The Morgan fingerprint density at radius 1 is 1.12 bits per heavy atom. The fourth-order valence-electron chi connectivity index (χ4n) is 8.13. The van der Waals surface area contributed by atoms with Crippen LogP contribution in [0.2, 0.25) is 0 Å². The molecule has 2 aliphatic carbocycles. The number of aryl methyl sites for hydroxylation is 1. The number of nitrogens with one attached hydrogen (secondary N) is 3. The third-order valence-corrected chi connectivity index (χ3v) is 12.8. The molecule has 0 radical (unpaired) electrons. The lowest BCUT2D eigenvalue weighted by Crippen LogP contribution is -2.59. The zero-order valence-electron chi connectivity index (χ0n) is 24.5. The van der Waals surface area contributed by atoms with Crippen LogP contribution in [0.5, 0.6) is 0 Å². The van der Waals surface area contributed by atoms with Gasteiger partial charge in [0.1, 0.15) is 0 Å². The van der Waals surface area contributed by atoms with E-state index in [0.29, 0.717) is 38.5 Å². The number of amides is 1. The van der Waals surface area contributed by atoms with Crippen molar-refractivity contribution in [2.24, 2.45) is 16.7 Å². The molecule has 2 heterocycles. The Balaban J connectivity index is 1.28. The normalized spacial score (nSPS) is 29.9. The molecule has 0 aromatic heterocycles. The number of sulfonamides is 1. The number of hydrogen-bond donors (Lipinski definition) is 4. The standard InChI is InChI=1S/C30H49N5O4S/c1-22-6-4-5-7-26(22)34-15-17-35(18-16-34)40(38,39)21-30-12-8-23(29(30,2)3)20-27(30)33-28(37)25(11-19-36)32-24-9-13-31-14-10-24/h4-7,23-25,27,31-32,36H,8-21H2,1-3H3,(H,33,37)/t23?,25-,27?,30?/m0/s1. The Morgan fingerprint density at radius 3 is 2.48 bits per heavy atom. The van der Waals surface area contributed by atoms with Gasteiger partial charge in [-0.1, -0.05) is 32.0 Å². The first-order valence-corrected chi connectivity index (χ1v) is 16.8. The van der Waals surface area contributed by atoms with Gasteiger partial charge in [0.05, 0.1) is 11.8 Å². The lowest BCUT2D eigenvalue weighted by molar-refractivity contribution is -0.125. The second kappa shape index (κ2) is 11.9. The van der Waals surface area contributed by atoms with Gasteiger partial charge >= 0.3 is 0 Å². The third-order valence-electron chi connectivity index (χ3n) is 10.8. The highest BCUT2D eigenvalue weighted by molar-refractivity contribution is 7.89. The second-order valence-corrected chi connectivity index (χ2v) is 15.1. The first-order valence-electron chi connectivity index (χ1n) is 15.2. The van der Waals surface area contributed by atoms with Gasteiger partial charge in [-0.25, -0.2) is 8.42 Å². The first kappa shape index (κ1) is 29.8. The number of piperazine rings is 1. The molecule has 1 aromatic carbocycles. The van der Waals surface area contributed by atoms with Crippen LogP contribution in [-0.2, 0) is 14.8 Å². The largest absolute Gasteiger partial charge is 0.396 e. The van der Waals surface area contributed by atoms with Gasteiger partial charge in [0.15, 0.2) is 0 Å². The molecule has 4 N–H and O–H groups in total. The summed E-state index contributed by atoms with van der Waals surface area (Å²) in [6, 6.07) is 7.85. The van der Waals surface area contributed by atoms with Crippen LogP contribution in [-0.4, -0.2) is 93.5 Å². The molecule has 224 valence electrons. The molecule has 2 saturated heterocycles. The molecule has 4 aliphatic rings. The van der Waals surface area contributed by atoms with Crippen molar-refractivity contribution in [3.63, 3.8) is 0 Å². The van der Waals surface area contributed by atoms with Crippen molar-refractivity contribution >= 4 is 21.6 Å². The van der Waals surface area contributed by atoms with Gasteiger partial charge in [0.2, 0.25) is 15.9 Å². The molecule has 2 saturated carbocycles. The van der Waals surface area contributed by atoms with Crippen LogP contribution in [0.15, 0.2) is 24.3 Å². The van der Waals surface area contributed by atoms with E-state index in [2.05, 4.69) is 53.8 Å². The summed E-state index contributed by atoms with van der Waals surface area (Å²) in [7, 11) is -3.53. The number of aliphatic hydroxyl groups is 1. The monoisotopic (exact) mass is 575 g/mol. The fourth-order valence-corrected chi connectivity index (χ4v) is 10.4. The maximum absolute atomic E-state index is 14.0. The number of carbonyl (C=O) groups excluding carboxylic acids is 1. The minimum absolute atomic E-state index is 0.0666. The topological polar surface area (TPSA) is 114 Å². The molecular weight excluding hydrogens is 526 g/mol. The summed E-state index contributed by atoms with van der Waals surface area (Å²) < 4.78 is 29.7. The van der Waals surface area contributed by atoms with E-state index in [1.54, 1.807) is 4.31 Å². The van der Waals surface area contributed by atoms with E-state index in [1.165, 1.54) is 11.3 Å². The minimum Gasteiger partial charge on any atom is -0.396 e. The number of nitrogens with zero attached hydrogens (tertiary/aromatic N) is 2. The number of hydrogen-bond acceptors (Lipinski definition) is 7. The number of aliphatic hydroxyl groups excluding tert-OH is 1. The Kier molecular flexibility index (Phi) is 8.84. The number of para-hydroxylation sites is 1. The minimum atomic E-state index is -3.53. The van der Waals surface area contributed by atoms with Gasteiger partial charge in [0, 0.05) is 56.0 Å². The van der Waals surface area contributed by atoms with Crippen molar-refractivity contribution in [2.75, 3.05) is 56.5 Å². The molecule has 1 amide bonds. The summed E-state index contributed by atoms with van der Waals surface area (Å²) in [5, 5.41) is 19.9. The van der Waals surface area contributed by atoms with E-state index in [9.17, 15) is 18.3 Å². The van der Waals surface area contributed by atoms with Crippen molar-refractivity contribution < 1.29 is 18.3 Å². The SMILES string of the molecule is Cc1ccccc1N1CCN(S(=O)(=O)CC23CCC(CC2NC(=O)[C@H](CCO)NC2CCNCC2)C3(C)C)CC1. The molecule has 9 nitrogen and oxygen atoms in total. The predicted molar refractivity (Wildman–Crippen MR) is 159 cm³/mol. The van der Waals surface area contributed by atoms with E-state index < -0.39 is 21.5 Å². The highest BCUT2D eigenvalue weighted by Crippen LogP contribution is 2.66. The fraction of sp³-hybridized carbons (Fsp3) is 0.767. The lowest BCUT2D eigenvalue weighted by atomic mass is 9.69. The molecule has 5 rings (SSSR count). The number of fused-ring (bicyclic) bond motifs is 2. The smallest absolute Gasteiger partial charge is 0.237 e. The van der Waals surface area contributed by atoms with Crippen molar-refractivity contribution in [1.29, 1.82) is 0 Å². The number of piperidine rings is 1. The highest BCUT2D eigenvalue weighted by Gasteiger charge is 2.66. The molecule has 4 fully saturated rings. The molecule has 0 spiro atoms. The number of rotatable bonds is 10. The molecular formula is C30H49N5O4S. The average Bonchev–Trinajstić information content (AvgIpc) is 3.28. The molecule has 40 heavy (non-hydrogen) atoms. The maximum atomic E-state index is 14.0. The van der Waals surface area contributed by atoms with Gasteiger partial charge in [-0.15, -0.1) is 0 Å². The summed E-state index contributed by atoms with van der Waals surface area (Å²) in [6.07, 6.45) is 4.88. The van der Waals surface area contributed by atoms with Crippen molar-refractivity contribution in [1.82, 2.24) is 20.3 Å². The second-order valence-electron chi connectivity index (χ2n) is 13.1. The van der Waals surface area contributed by atoms with E-state index in [1.807, 2.05) is 12.1 Å². The third kappa shape index (κ3) is 5.67. The molecule has 10 heteroatoms. The molecule has 2 aliphatic heterocycles. The average molecular weight is 576 g/mol. The number of anilines is 1. The van der Waals surface area contributed by atoms with Gasteiger partial charge in [-0.3, -0.25) is 4.79 Å². The van der Waals surface area contributed by atoms with Gasteiger partial charge in [0.25, 0.3) is 0 Å². The Morgan fingerprint density at radius 2 is 1.82 bits per heavy atom. The van der Waals surface area contributed by atoms with E-state index in [0.717, 1.165) is 45.2 Å². The van der Waals surface area contributed by atoms with Crippen LogP contribution in [0.4, 0.5) is 5.69 Å². The van der Waals surface area contributed by atoms with Crippen LogP contribution >= 0.6 is 0 Å². The Bertz CT molecular complexity index is 1150. The summed E-state index contributed by atoms with van der Waals surface area (Å²) in [6.45, 7) is 10.6. The van der Waals surface area contributed by atoms with Crippen LogP contribution in [0, 0.1) is 23.7 Å². The number of carbonyl (C=O) groups is 1. The Hall–Kier alpha value is -1.72. The number of benzene rings is 1. The Labute approximate surface area is 240 Å². The van der Waals surface area contributed by atoms with Crippen LogP contribution in [0.1, 0.15) is 57.9 Å². The van der Waals surface area contributed by atoms with Gasteiger partial charge < -0.3 is 26.0 Å². The quantitative estimate of drug-likeness (QED) is 0.337. The van der Waals surface area contributed by atoms with Crippen LogP contribution < -0.4 is 20.9 Å². The zero-order valence-corrected chi connectivity index (χ0v) is 25.3. The summed E-state index contributed by atoms with van der Waals surface area (Å²) >= 11 is 0. The van der Waals surface area contributed by atoms with E-state index in [4.69, 9.17) is 0 Å². The maximum Gasteiger partial charge on any atom is 0.237 e. The molecule has 2 bridgehead atoms. The van der Waals surface area contributed by atoms with Crippen molar-refractivity contribution in [2.45, 2.75) is 77.4 Å². The van der Waals surface area contributed by atoms with Crippen molar-refractivity contribution in [3.8, 4) is 0 Å². The molecule has 4 atom stereocenters. The van der Waals surface area contributed by atoms with Gasteiger partial charge in [-0.05, 0) is 81.5 Å². The summed E-state index contributed by atoms with van der Waals surface area (Å²) in [5.74, 6) is 0.356. The highest BCUT2D eigenvalue weighted by atomic mass is 32.2. The summed E-state index contributed by atoms with van der Waals surface area (Å²) in [5.41, 5.74) is 1.69. The molecule has 1 aromatic rings. The molecule has 3 unspecified atom stereocenters. The predicted octanol–water partition coefficient (Wildman–Crippen LogP) is 1.85. The zero-order chi connectivity index (χ0) is 28.5. The van der Waals surface area contributed by atoms with E-state index >= 15 is 0 Å². The van der Waals surface area contributed by atoms with E-state index in [-0.39, 0.29) is 35.8 Å². The lowest BCUT2D eigenvalue weighted by Gasteiger charge is -2.44. The van der Waals surface area contributed by atoms with Crippen molar-refractivity contribution in [3.05, 3.63) is 29.8 Å². The van der Waals surface area contributed by atoms with Crippen LogP contribution in [0.25, 0.3) is 0 Å². The first-order chi connectivity index (χ1) is 19.1. The summed E-state index contributed by atoms with van der Waals surface area (Å²) in [4.78, 5) is 15.9. The van der Waals surface area contributed by atoms with Gasteiger partial charge in [-0.2, -0.15) is 4.31 Å².